The number of imidazole rings is 1. The normalized spacial score (nSPS) is 29.8. The monoisotopic (exact) mass is 428 g/mol. The maximum absolute atomic E-state index is 9.83. The van der Waals surface area contributed by atoms with E-state index in [1.54, 1.807) is 0 Å². The van der Waals surface area contributed by atoms with Gasteiger partial charge >= 0.3 is 0 Å². The number of rotatable bonds is 2. The van der Waals surface area contributed by atoms with Crippen molar-refractivity contribution in [2.45, 2.75) is 24.6 Å². The second kappa shape index (κ2) is 5.78. The zero-order valence-electron chi connectivity index (χ0n) is 10.3. The molecule has 2 aromatic rings. The molecule has 3 N–H and O–H groups in total. The molecule has 0 radical (unpaired) electrons. The maximum atomic E-state index is 9.83. The van der Waals surface area contributed by atoms with Crippen LogP contribution in [0.5, 0.6) is 0 Å². The highest BCUT2D eigenvalue weighted by Gasteiger charge is 2.39. The second-order valence-corrected chi connectivity index (χ2v) is 5.70. The van der Waals surface area contributed by atoms with Crippen LogP contribution in [-0.4, -0.2) is 66.2 Å². The summed E-state index contributed by atoms with van der Waals surface area (Å²) in [6.45, 7) is -0.164. The van der Waals surface area contributed by atoms with Crippen molar-refractivity contribution >= 4 is 45.4 Å². The molecule has 114 valence electrons. The third kappa shape index (κ3) is 2.78. The van der Waals surface area contributed by atoms with Crippen LogP contribution >= 0.6 is 34.2 Å². The van der Waals surface area contributed by atoms with Gasteiger partial charge in [-0.05, 0) is 0 Å². The van der Waals surface area contributed by atoms with Gasteiger partial charge in [0.05, 0.1) is 6.61 Å². The van der Waals surface area contributed by atoms with Gasteiger partial charge in [-0.15, -0.1) is 4.73 Å². The lowest BCUT2D eigenvalue weighted by molar-refractivity contribution is -0.268. The van der Waals surface area contributed by atoms with E-state index >= 15 is 0 Å². The van der Waals surface area contributed by atoms with Gasteiger partial charge in [-0.2, -0.15) is 4.98 Å². The molecule has 9 nitrogen and oxygen atoms in total. The van der Waals surface area contributed by atoms with Gasteiger partial charge in [0, 0.05) is 22.6 Å². The zero-order chi connectivity index (χ0) is 15.1. The molecule has 3 rings (SSSR count). The number of nitrogens with zero attached hydrogens (tertiary/aromatic N) is 4. The summed E-state index contributed by atoms with van der Waals surface area (Å²) in [7, 11) is 0. The first-order valence-corrected chi connectivity index (χ1v) is 7.32. The fourth-order valence-corrected chi connectivity index (χ4v) is 2.71. The minimum atomic E-state index is -1.41. The molecular formula is C10H10ClIN4O5. The molecule has 0 amide bonds. The van der Waals surface area contributed by atoms with Gasteiger partial charge in [-0.1, -0.05) is 11.6 Å². The molecule has 21 heavy (non-hydrogen) atoms. The molecule has 3 heterocycles. The van der Waals surface area contributed by atoms with Crippen molar-refractivity contribution in [3.05, 3.63) is 15.3 Å². The van der Waals surface area contributed by atoms with Crippen molar-refractivity contribution in [2.24, 2.45) is 0 Å². The van der Waals surface area contributed by atoms with Gasteiger partial charge in [0.25, 0.3) is 6.29 Å². The largest absolute Gasteiger partial charge is 0.388 e. The fourth-order valence-electron chi connectivity index (χ4n) is 1.88. The molecule has 1 aliphatic heterocycles. The molecule has 0 unspecified atom stereocenters. The van der Waals surface area contributed by atoms with Crippen molar-refractivity contribution in [2.75, 3.05) is 6.61 Å². The fraction of sp³-hybridized carbons (Fsp3) is 0.500. The molecule has 1 aliphatic rings. The molecule has 4 atom stereocenters. The van der Waals surface area contributed by atoms with Gasteiger partial charge in [-0.25, -0.2) is 9.97 Å². The van der Waals surface area contributed by atoms with Crippen LogP contribution in [0.3, 0.4) is 0 Å². The van der Waals surface area contributed by atoms with Crippen LogP contribution in [0.2, 0.25) is 5.15 Å². The van der Waals surface area contributed by atoms with Crippen LogP contribution < -0.4 is 4.84 Å². The van der Waals surface area contributed by atoms with Crippen molar-refractivity contribution in [3.8, 4) is 0 Å². The number of halogens is 2. The van der Waals surface area contributed by atoms with E-state index in [9.17, 15) is 15.3 Å². The highest BCUT2D eigenvalue weighted by molar-refractivity contribution is 14.1. The minimum Gasteiger partial charge on any atom is -0.388 e. The summed E-state index contributed by atoms with van der Waals surface area (Å²) >= 11 is 7.84. The van der Waals surface area contributed by atoms with Crippen molar-refractivity contribution in [3.63, 3.8) is 0 Å². The zero-order valence-corrected chi connectivity index (χ0v) is 13.2. The van der Waals surface area contributed by atoms with Crippen molar-refractivity contribution in [1.29, 1.82) is 0 Å². The highest BCUT2D eigenvalue weighted by Crippen LogP contribution is 2.20. The summed E-state index contributed by atoms with van der Waals surface area (Å²) in [6, 6.07) is 0. The maximum Gasteiger partial charge on any atom is 0.253 e. The summed E-state index contributed by atoms with van der Waals surface area (Å²) in [5.41, 5.74) is 0.638. The number of ether oxygens (including phenoxy) is 1. The van der Waals surface area contributed by atoms with E-state index in [4.69, 9.17) is 21.2 Å². The van der Waals surface area contributed by atoms with Crippen LogP contribution in [0.25, 0.3) is 11.2 Å². The SMILES string of the molecule is O[C@H]1[C@@H](On2cnc3c(Cl)nc(I)nc32)OC[C@@H](O)[C@H]1O. The van der Waals surface area contributed by atoms with E-state index in [0.717, 1.165) is 0 Å². The minimum absolute atomic E-state index is 0.164. The first kappa shape index (κ1) is 15.1. The predicted molar refractivity (Wildman–Crippen MR) is 77.4 cm³/mol. The van der Waals surface area contributed by atoms with Crippen LogP contribution in [0.15, 0.2) is 6.33 Å². The Hall–Kier alpha value is -0.790. The van der Waals surface area contributed by atoms with Gasteiger partial charge in [-0.3, -0.25) is 0 Å². The lowest BCUT2D eigenvalue weighted by Crippen LogP contribution is -2.56. The molecule has 0 spiro atoms. The van der Waals surface area contributed by atoms with Crippen LogP contribution in [0.1, 0.15) is 0 Å². The first-order chi connectivity index (χ1) is 9.97. The number of hydrogen-bond acceptors (Lipinski definition) is 8. The summed E-state index contributed by atoms with van der Waals surface area (Å²) in [6.07, 6.45) is -3.82. The lowest BCUT2D eigenvalue weighted by atomic mass is 10.1. The molecular weight excluding hydrogens is 418 g/mol. The number of aliphatic hydroxyl groups excluding tert-OH is 3. The Morgan fingerprint density at radius 2 is 2.10 bits per heavy atom. The van der Waals surface area contributed by atoms with Gasteiger partial charge < -0.3 is 24.9 Å². The van der Waals surface area contributed by atoms with E-state index < -0.39 is 24.6 Å². The van der Waals surface area contributed by atoms with E-state index in [-0.39, 0.29) is 11.8 Å². The predicted octanol–water partition coefficient (Wildman–Crippen LogP) is -1.05. The number of aromatic nitrogens is 4. The van der Waals surface area contributed by atoms with E-state index in [1.807, 2.05) is 22.6 Å². The molecule has 2 aromatic heterocycles. The molecule has 0 saturated carbocycles. The summed E-state index contributed by atoms with van der Waals surface area (Å²) < 4.78 is 6.72. The second-order valence-electron chi connectivity index (χ2n) is 4.38. The Balaban J connectivity index is 1.88. The standard InChI is InChI=1S/C10H10ClIN4O5/c11-7-4-8(15-10(12)14-7)16(2-13-4)21-9-6(19)5(18)3(17)1-20-9/h2-3,5-6,9,17-19H,1H2/t3-,5-,6-,9-/m1/s1. The lowest BCUT2D eigenvalue weighted by Gasteiger charge is -2.34. The van der Waals surface area contributed by atoms with E-state index in [0.29, 0.717) is 15.0 Å². The summed E-state index contributed by atoms with van der Waals surface area (Å²) in [5, 5.41) is 29.0. The van der Waals surface area contributed by atoms with Gasteiger partial charge in [0.1, 0.15) is 30.2 Å². The Morgan fingerprint density at radius 1 is 1.33 bits per heavy atom. The highest BCUT2D eigenvalue weighted by atomic mass is 127. The molecule has 0 aromatic carbocycles. The van der Waals surface area contributed by atoms with Crippen LogP contribution in [0, 0.1) is 3.83 Å². The third-order valence-corrected chi connectivity index (χ3v) is 3.71. The van der Waals surface area contributed by atoms with Gasteiger partial charge in [0.15, 0.2) is 8.98 Å². The van der Waals surface area contributed by atoms with Crippen molar-refractivity contribution in [1.82, 2.24) is 19.7 Å². The Kier molecular flexibility index (Phi) is 4.16. The molecule has 1 saturated heterocycles. The Labute approximate surface area is 136 Å². The Bertz CT molecular complexity index is 670. The molecule has 11 heteroatoms. The number of hydrogen-bond donors (Lipinski definition) is 3. The molecule has 0 bridgehead atoms. The smallest absolute Gasteiger partial charge is 0.253 e. The Morgan fingerprint density at radius 3 is 2.86 bits per heavy atom. The quantitative estimate of drug-likeness (QED) is 0.315. The topological polar surface area (TPSA) is 123 Å². The average Bonchev–Trinajstić information content (AvgIpc) is 2.83. The first-order valence-electron chi connectivity index (χ1n) is 5.86. The van der Waals surface area contributed by atoms with Crippen LogP contribution in [0.4, 0.5) is 0 Å². The molecule has 1 fully saturated rings. The molecule has 0 aliphatic carbocycles. The van der Waals surface area contributed by atoms with Gasteiger partial charge in [0.2, 0.25) is 5.65 Å². The van der Waals surface area contributed by atoms with E-state index in [2.05, 4.69) is 15.0 Å². The number of fused-ring (bicyclic) bond motifs is 1. The van der Waals surface area contributed by atoms with Crippen LogP contribution in [-0.2, 0) is 4.74 Å². The van der Waals surface area contributed by atoms with Crippen molar-refractivity contribution < 1.29 is 24.9 Å². The van der Waals surface area contributed by atoms with E-state index in [1.165, 1.54) is 11.1 Å². The average molecular weight is 429 g/mol. The number of aliphatic hydroxyl groups is 3. The third-order valence-electron chi connectivity index (χ3n) is 2.97. The summed E-state index contributed by atoms with van der Waals surface area (Å²) in [4.78, 5) is 17.5. The summed E-state index contributed by atoms with van der Waals surface area (Å²) in [5.74, 6) is 0.